The maximum absolute atomic E-state index is 12.2. The van der Waals surface area contributed by atoms with E-state index in [4.69, 9.17) is 0 Å². The number of aryl methyl sites for hydroxylation is 1. The first-order chi connectivity index (χ1) is 11.0. The van der Waals surface area contributed by atoms with Gasteiger partial charge in [-0.3, -0.25) is 10.1 Å². The van der Waals surface area contributed by atoms with Crippen molar-refractivity contribution in [1.29, 1.82) is 5.26 Å². The quantitative estimate of drug-likeness (QED) is 0.670. The van der Waals surface area contributed by atoms with E-state index in [0.717, 1.165) is 17.0 Å². The fourth-order valence-electron chi connectivity index (χ4n) is 1.90. The second-order valence-corrected chi connectivity index (χ2v) is 6.36. The Labute approximate surface area is 139 Å². The number of amides is 1. The van der Waals surface area contributed by atoms with Crippen molar-refractivity contribution in [2.45, 2.75) is 33.1 Å². The van der Waals surface area contributed by atoms with Gasteiger partial charge in [0.25, 0.3) is 5.91 Å². The Bertz CT molecular complexity index is 754. The molecule has 118 valence electrons. The summed E-state index contributed by atoms with van der Waals surface area (Å²) in [5, 5.41) is 20.9. The number of aromatic nitrogens is 2. The number of carbonyl (C=O) groups is 1. The van der Waals surface area contributed by atoms with Crippen molar-refractivity contribution < 1.29 is 4.79 Å². The highest BCUT2D eigenvalue weighted by atomic mass is 32.1. The Hall–Kier alpha value is -2.52. The molecule has 0 unspecified atom stereocenters. The van der Waals surface area contributed by atoms with Crippen LogP contribution in [0.3, 0.4) is 0 Å². The second-order valence-electron chi connectivity index (χ2n) is 5.30. The van der Waals surface area contributed by atoms with Crippen LogP contribution >= 0.6 is 11.3 Å². The first-order valence-corrected chi connectivity index (χ1v) is 8.20. The highest BCUT2D eigenvalue weighted by molar-refractivity contribution is 7.15. The zero-order chi connectivity index (χ0) is 16.8. The summed E-state index contributed by atoms with van der Waals surface area (Å²) in [6.45, 7) is 6.20. The van der Waals surface area contributed by atoms with Crippen molar-refractivity contribution in [2.75, 3.05) is 5.32 Å². The van der Waals surface area contributed by atoms with Gasteiger partial charge in [0.1, 0.15) is 16.6 Å². The fraction of sp³-hybridized carbons (Fsp3) is 0.294. The van der Waals surface area contributed by atoms with E-state index >= 15 is 0 Å². The van der Waals surface area contributed by atoms with Crippen LogP contribution in [0.4, 0.5) is 5.13 Å². The van der Waals surface area contributed by atoms with Crippen LogP contribution in [0.5, 0.6) is 0 Å². The molecule has 0 fully saturated rings. The number of rotatable bonds is 5. The SMILES string of the molecule is CCc1nnc(NC(=O)/C(C#N)=C/c2ccc(C(C)C)cc2)s1. The van der Waals surface area contributed by atoms with Crippen LogP contribution in [0, 0.1) is 11.3 Å². The number of nitrogens with zero attached hydrogens (tertiary/aromatic N) is 3. The van der Waals surface area contributed by atoms with E-state index < -0.39 is 5.91 Å². The molecule has 1 N–H and O–H groups in total. The van der Waals surface area contributed by atoms with Crippen molar-refractivity contribution in [3.8, 4) is 6.07 Å². The van der Waals surface area contributed by atoms with Crippen LogP contribution in [0.25, 0.3) is 6.08 Å². The standard InChI is InChI=1S/C17H18N4OS/c1-4-15-20-21-17(23-15)19-16(22)14(10-18)9-12-5-7-13(8-6-12)11(2)3/h5-9,11H,4H2,1-3H3,(H,19,21,22)/b14-9+. The highest BCUT2D eigenvalue weighted by Gasteiger charge is 2.12. The average molecular weight is 326 g/mol. The van der Waals surface area contributed by atoms with E-state index in [1.165, 1.54) is 16.9 Å². The third kappa shape index (κ3) is 4.47. The molecular weight excluding hydrogens is 308 g/mol. The summed E-state index contributed by atoms with van der Waals surface area (Å²) in [5.41, 5.74) is 2.06. The summed E-state index contributed by atoms with van der Waals surface area (Å²) in [6, 6.07) is 9.74. The molecule has 5 nitrogen and oxygen atoms in total. The molecule has 1 amide bonds. The van der Waals surface area contributed by atoms with Gasteiger partial charge >= 0.3 is 0 Å². The van der Waals surface area contributed by atoms with Crippen molar-refractivity contribution >= 4 is 28.5 Å². The fourth-order valence-corrected chi connectivity index (χ4v) is 2.58. The smallest absolute Gasteiger partial charge is 0.268 e. The predicted molar refractivity (Wildman–Crippen MR) is 92.0 cm³/mol. The molecule has 0 aliphatic heterocycles. The van der Waals surface area contributed by atoms with Crippen LogP contribution in [-0.2, 0) is 11.2 Å². The van der Waals surface area contributed by atoms with E-state index in [1.54, 1.807) is 6.08 Å². The Morgan fingerprint density at radius 1 is 1.35 bits per heavy atom. The summed E-state index contributed by atoms with van der Waals surface area (Å²) < 4.78 is 0. The van der Waals surface area contributed by atoms with Crippen molar-refractivity contribution in [2.24, 2.45) is 0 Å². The third-order valence-electron chi connectivity index (χ3n) is 3.27. The lowest BCUT2D eigenvalue weighted by molar-refractivity contribution is -0.112. The van der Waals surface area contributed by atoms with Gasteiger partial charge in [-0.2, -0.15) is 5.26 Å². The molecule has 0 saturated carbocycles. The van der Waals surface area contributed by atoms with Gasteiger partial charge in [0.2, 0.25) is 5.13 Å². The monoisotopic (exact) mass is 326 g/mol. The molecule has 0 aliphatic carbocycles. The second kappa shape index (κ2) is 7.65. The minimum Gasteiger partial charge on any atom is -0.296 e. The molecule has 1 heterocycles. The number of nitriles is 1. The number of anilines is 1. The van der Waals surface area contributed by atoms with Crippen molar-refractivity contribution in [3.05, 3.63) is 46.0 Å². The number of carbonyl (C=O) groups excluding carboxylic acids is 1. The molecule has 0 aliphatic rings. The lowest BCUT2D eigenvalue weighted by Crippen LogP contribution is -2.13. The normalized spacial score (nSPS) is 11.3. The first-order valence-electron chi connectivity index (χ1n) is 7.39. The van der Waals surface area contributed by atoms with E-state index in [2.05, 4.69) is 29.4 Å². The predicted octanol–water partition coefficient (Wildman–Crippen LogP) is 3.77. The molecule has 1 aromatic carbocycles. The van der Waals surface area contributed by atoms with E-state index in [1.807, 2.05) is 37.3 Å². The Morgan fingerprint density at radius 2 is 2.04 bits per heavy atom. The minimum atomic E-state index is -0.473. The summed E-state index contributed by atoms with van der Waals surface area (Å²) in [7, 11) is 0. The zero-order valence-electron chi connectivity index (χ0n) is 13.3. The summed E-state index contributed by atoms with van der Waals surface area (Å²) in [6.07, 6.45) is 2.33. The molecule has 0 radical (unpaired) electrons. The highest BCUT2D eigenvalue weighted by Crippen LogP contribution is 2.18. The maximum Gasteiger partial charge on any atom is 0.268 e. The molecule has 2 rings (SSSR count). The molecule has 1 aromatic heterocycles. The van der Waals surface area contributed by atoms with E-state index in [0.29, 0.717) is 11.0 Å². The van der Waals surface area contributed by atoms with Crippen molar-refractivity contribution in [3.63, 3.8) is 0 Å². The van der Waals surface area contributed by atoms with E-state index in [9.17, 15) is 10.1 Å². The first kappa shape index (κ1) is 16.8. The van der Waals surface area contributed by atoms with Crippen LogP contribution in [0.15, 0.2) is 29.8 Å². The molecular formula is C17H18N4OS. The van der Waals surface area contributed by atoms with Crippen LogP contribution in [-0.4, -0.2) is 16.1 Å². The summed E-state index contributed by atoms with van der Waals surface area (Å²) in [4.78, 5) is 12.2. The summed E-state index contributed by atoms with van der Waals surface area (Å²) in [5.74, 6) is -0.0313. The van der Waals surface area contributed by atoms with Crippen molar-refractivity contribution in [1.82, 2.24) is 10.2 Å². The van der Waals surface area contributed by atoms with E-state index in [-0.39, 0.29) is 5.57 Å². The zero-order valence-corrected chi connectivity index (χ0v) is 14.1. The largest absolute Gasteiger partial charge is 0.296 e. The van der Waals surface area contributed by atoms with Gasteiger partial charge in [0.15, 0.2) is 0 Å². The maximum atomic E-state index is 12.2. The number of nitrogens with one attached hydrogen (secondary N) is 1. The Morgan fingerprint density at radius 3 is 2.57 bits per heavy atom. The molecule has 23 heavy (non-hydrogen) atoms. The third-order valence-corrected chi connectivity index (χ3v) is 4.25. The lowest BCUT2D eigenvalue weighted by atomic mass is 10.0. The van der Waals surface area contributed by atoms with Crippen LogP contribution < -0.4 is 5.32 Å². The Kier molecular flexibility index (Phi) is 5.61. The van der Waals surface area contributed by atoms with Gasteiger partial charge in [0, 0.05) is 0 Å². The molecule has 0 bridgehead atoms. The molecule has 6 heteroatoms. The topological polar surface area (TPSA) is 78.7 Å². The van der Waals surface area contributed by atoms with Crippen LogP contribution in [0.2, 0.25) is 0 Å². The van der Waals surface area contributed by atoms with Gasteiger partial charge in [-0.1, -0.05) is 56.4 Å². The van der Waals surface area contributed by atoms with Gasteiger partial charge in [-0.15, -0.1) is 10.2 Å². The summed E-state index contributed by atoms with van der Waals surface area (Å²) >= 11 is 1.31. The molecule has 0 spiro atoms. The van der Waals surface area contributed by atoms with Gasteiger partial charge < -0.3 is 0 Å². The Balaban J connectivity index is 2.14. The number of hydrogen-bond donors (Lipinski definition) is 1. The number of benzene rings is 1. The number of hydrogen-bond acceptors (Lipinski definition) is 5. The van der Waals surface area contributed by atoms with Gasteiger partial charge in [-0.25, -0.2) is 0 Å². The molecule has 0 atom stereocenters. The molecule has 2 aromatic rings. The van der Waals surface area contributed by atoms with Crippen LogP contribution in [0.1, 0.15) is 42.8 Å². The minimum absolute atomic E-state index is 0.0375. The van der Waals surface area contributed by atoms with Gasteiger partial charge in [-0.05, 0) is 29.5 Å². The molecule has 0 saturated heterocycles. The van der Waals surface area contributed by atoms with Gasteiger partial charge in [0.05, 0.1) is 0 Å². The lowest BCUT2D eigenvalue weighted by Gasteiger charge is -2.05. The average Bonchev–Trinajstić information content (AvgIpc) is 3.00.